The molecule has 2 aromatic rings. The van der Waals surface area contributed by atoms with Crippen LogP contribution in [0.1, 0.15) is 160 Å². The number of allylic oxidation sites excluding steroid dienone is 3. The second-order valence-electron chi connectivity index (χ2n) is 13.1. The molecular formula is C40H60S4. The van der Waals surface area contributed by atoms with Gasteiger partial charge in [-0.15, -0.1) is 46.2 Å². The lowest BCUT2D eigenvalue weighted by Gasteiger charge is -2.31. The van der Waals surface area contributed by atoms with Crippen LogP contribution in [0.2, 0.25) is 0 Å². The Labute approximate surface area is 288 Å². The van der Waals surface area contributed by atoms with Crippen LogP contribution in [0.25, 0.3) is 10.4 Å². The molecule has 2 aromatic heterocycles. The van der Waals surface area contributed by atoms with Gasteiger partial charge >= 0.3 is 0 Å². The van der Waals surface area contributed by atoms with E-state index in [1.165, 1.54) is 152 Å². The van der Waals surface area contributed by atoms with Crippen molar-refractivity contribution in [2.24, 2.45) is 0 Å². The molecule has 2 aliphatic rings. The molecule has 244 valence electrons. The Morgan fingerprint density at radius 3 is 1.89 bits per heavy atom. The highest BCUT2D eigenvalue weighted by Gasteiger charge is 2.42. The van der Waals surface area contributed by atoms with Crippen LogP contribution < -0.4 is 0 Å². The summed E-state index contributed by atoms with van der Waals surface area (Å²) in [6.45, 7) is 4.62. The predicted octanol–water partition coefficient (Wildman–Crippen LogP) is 15.5. The zero-order valence-electron chi connectivity index (χ0n) is 28.0. The average molecular weight is 669 g/mol. The van der Waals surface area contributed by atoms with Gasteiger partial charge in [-0.2, -0.15) is 0 Å². The van der Waals surface area contributed by atoms with Crippen LogP contribution in [0.4, 0.5) is 0 Å². The van der Waals surface area contributed by atoms with Crippen molar-refractivity contribution < 1.29 is 0 Å². The minimum atomic E-state index is 0.0435. The molecule has 0 amide bonds. The summed E-state index contributed by atoms with van der Waals surface area (Å²) in [6.07, 6.45) is 35.8. The molecule has 0 radical (unpaired) electrons. The van der Waals surface area contributed by atoms with Gasteiger partial charge < -0.3 is 0 Å². The highest BCUT2D eigenvalue weighted by Crippen LogP contribution is 2.58. The van der Waals surface area contributed by atoms with Crippen molar-refractivity contribution in [1.29, 1.82) is 0 Å². The van der Waals surface area contributed by atoms with Crippen molar-refractivity contribution in [2.75, 3.05) is 5.75 Å². The van der Waals surface area contributed by atoms with Gasteiger partial charge in [-0.25, -0.2) is 0 Å². The van der Waals surface area contributed by atoms with E-state index in [9.17, 15) is 0 Å². The highest BCUT2D eigenvalue weighted by molar-refractivity contribution is 8.08. The Morgan fingerprint density at radius 2 is 1.27 bits per heavy atom. The third-order valence-corrected chi connectivity index (χ3v) is 13.9. The first-order valence-electron chi connectivity index (χ1n) is 18.3. The molecule has 0 saturated heterocycles. The minimum absolute atomic E-state index is 0.0435. The number of hydrogen-bond acceptors (Lipinski definition) is 4. The molecule has 1 atom stereocenters. The Bertz CT molecular complexity index is 1130. The number of unbranched alkanes of at least 4 members (excludes halogenated alkanes) is 18. The smallest absolute Gasteiger partial charge is 0.0564 e. The summed E-state index contributed by atoms with van der Waals surface area (Å²) >= 11 is 8.07. The fraction of sp³-hybridized carbons (Fsp3) is 0.650. The van der Waals surface area contributed by atoms with E-state index in [4.69, 9.17) is 0 Å². The van der Waals surface area contributed by atoms with Crippen molar-refractivity contribution in [3.8, 4) is 10.4 Å². The minimum Gasteiger partial charge on any atom is -0.147 e. The normalized spacial score (nSPS) is 19.8. The first-order chi connectivity index (χ1) is 21.8. The Morgan fingerprint density at radius 1 is 0.659 bits per heavy atom. The Hall–Kier alpha value is -0.680. The number of hydrogen-bond donors (Lipinski definition) is 0. The fourth-order valence-electron chi connectivity index (χ4n) is 6.96. The SMILES string of the molecule is CCCCCCCCCCCCC1=CCSC1=C1SC=CC1(CCCCCCCCCCCC)c1sccc1-c1cccs1. The molecule has 0 fully saturated rings. The van der Waals surface area contributed by atoms with E-state index >= 15 is 0 Å². The summed E-state index contributed by atoms with van der Waals surface area (Å²) in [7, 11) is 0. The monoisotopic (exact) mass is 668 g/mol. The molecule has 0 spiro atoms. The lowest BCUT2D eigenvalue weighted by molar-refractivity contribution is 0.513. The molecule has 0 saturated carbocycles. The standard InChI is InChI=1S/C40H60S4/c1-3-5-7-9-11-13-15-17-19-21-24-34-26-31-42-37(34)39-40(29-33-44-39,28-22-20-18-16-14-12-10-8-6-4-2)38-35(27-32-43-38)36-25-23-30-41-36/h23,25-27,29-30,32-33H,3-22,24,28,31H2,1-2H3. The van der Waals surface area contributed by atoms with Crippen molar-refractivity contribution in [1.82, 2.24) is 0 Å². The third-order valence-electron chi connectivity index (χ3n) is 9.58. The lowest BCUT2D eigenvalue weighted by Crippen LogP contribution is -2.23. The maximum absolute atomic E-state index is 2.60. The van der Waals surface area contributed by atoms with Crippen LogP contribution in [0.5, 0.6) is 0 Å². The zero-order valence-corrected chi connectivity index (χ0v) is 31.3. The van der Waals surface area contributed by atoms with Gasteiger partial charge in [0, 0.05) is 30.9 Å². The van der Waals surface area contributed by atoms with Gasteiger partial charge in [0.05, 0.1) is 5.41 Å². The quantitative estimate of drug-likeness (QED) is 0.102. The van der Waals surface area contributed by atoms with Gasteiger partial charge in [-0.3, -0.25) is 0 Å². The molecule has 0 aliphatic carbocycles. The summed E-state index contributed by atoms with van der Waals surface area (Å²) in [5, 5.41) is 7.03. The van der Waals surface area contributed by atoms with Crippen LogP contribution in [0, 0.1) is 0 Å². The van der Waals surface area contributed by atoms with Gasteiger partial charge in [-0.05, 0) is 53.1 Å². The summed E-state index contributed by atoms with van der Waals surface area (Å²) in [6, 6.07) is 6.94. The molecular weight excluding hydrogens is 609 g/mol. The summed E-state index contributed by atoms with van der Waals surface area (Å²) < 4.78 is 0. The second-order valence-corrected chi connectivity index (χ2v) is 16.9. The van der Waals surface area contributed by atoms with Crippen LogP contribution in [0.15, 0.2) is 61.9 Å². The van der Waals surface area contributed by atoms with Crippen LogP contribution in [-0.2, 0) is 5.41 Å². The first-order valence-corrected chi connectivity index (χ1v) is 22.0. The van der Waals surface area contributed by atoms with E-state index < -0.39 is 0 Å². The molecule has 1 unspecified atom stereocenters. The van der Waals surface area contributed by atoms with Gasteiger partial charge in [-0.1, -0.05) is 154 Å². The molecule has 44 heavy (non-hydrogen) atoms. The number of thioether (sulfide) groups is 2. The Balaban J connectivity index is 1.37. The molecule has 4 heterocycles. The maximum atomic E-state index is 2.60. The van der Waals surface area contributed by atoms with Crippen LogP contribution in [0.3, 0.4) is 0 Å². The molecule has 0 aromatic carbocycles. The van der Waals surface area contributed by atoms with E-state index in [1.807, 2.05) is 34.4 Å². The average Bonchev–Trinajstić information content (AvgIpc) is 3.86. The number of thiophene rings is 2. The van der Waals surface area contributed by atoms with Crippen molar-refractivity contribution in [3.63, 3.8) is 0 Å². The topological polar surface area (TPSA) is 0 Å². The van der Waals surface area contributed by atoms with E-state index in [0.717, 1.165) is 5.75 Å². The van der Waals surface area contributed by atoms with Crippen molar-refractivity contribution in [2.45, 2.75) is 161 Å². The third kappa shape index (κ3) is 11.0. The molecule has 4 heteroatoms. The second kappa shape index (κ2) is 21.2. The molecule has 4 rings (SSSR count). The van der Waals surface area contributed by atoms with Crippen LogP contribution >= 0.6 is 46.2 Å². The van der Waals surface area contributed by atoms with Gasteiger partial charge in [0.25, 0.3) is 0 Å². The highest BCUT2D eigenvalue weighted by atomic mass is 32.2. The molecule has 0 N–H and O–H groups in total. The first kappa shape index (κ1) is 36.2. The maximum Gasteiger partial charge on any atom is 0.0564 e. The number of rotatable bonds is 24. The van der Waals surface area contributed by atoms with E-state index in [0.29, 0.717) is 0 Å². The largest absolute Gasteiger partial charge is 0.147 e. The molecule has 0 bridgehead atoms. The van der Waals surface area contributed by atoms with Gasteiger partial charge in [0.15, 0.2) is 0 Å². The Kier molecular flexibility index (Phi) is 17.5. The summed E-state index contributed by atoms with van der Waals surface area (Å²) in [5.41, 5.74) is 3.18. The van der Waals surface area contributed by atoms with E-state index in [-0.39, 0.29) is 5.41 Å². The van der Waals surface area contributed by atoms with Crippen molar-refractivity contribution in [3.05, 3.63) is 66.8 Å². The zero-order chi connectivity index (χ0) is 30.7. The van der Waals surface area contributed by atoms with Gasteiger partial charge in [0.1, 0.15) is 0 Å². The van der Waals surface area contributed by atoms with Crippen LogP contribution in [-0.4, -0.2) is 5.75 Å². The molecule has 0 nitrogen and oxygen atoms in total. The van der Waals surface area contributed by atoms with E-state index in [2.05, 4.69) is 72.1 Å². The molecule has 2 aliphatic heterocycles. The predicted molar refractivity (Wildman–Crippen MR) is 207 cm³/mol. The van der Waals surface area contributed by atoms with Crippen molar-refractivity contribution >= 4 is 46.2 Å². The fourth-order valence-corrected chi connectivity index (χ4v) is 11.6. The summed E-state index contributed by atoms with van der Waals surface area (Å²) in [4.78, 5) is 6.30. The van der Waals surface area contributed by atoms with E-state index in [1.54, 1.807) is 20.3 Å². The lowest BCUT2D eigenvalue weighted by atomic mass is 9.78. The van der Waals surface area contributed by atoms with Gasteiger partial charge in [0.2, 0.25) is 0 Å². The summed E-state index contributed by atoms with van der Waals surface area (Å²) in [5.74, 6) is 1.16.